The molecule has 20 heavy (non-hydrogen) atoms. The Kier molecular flexibility index (Phi) is 6.43. The molecule has 0 N–H and O–H groups in total. The van der Waals surface area contributed by atoms with E-state index in [9.17, 15) is 9.59 Å². The summed E-state index contributed by atoms with van der Waals surface area (Å²) in [5.41, 5.74) is 2.94. The number of halogens is 2. The first-order chi connectivity index (χ1) is 9.31. The van der Waals surface area contributed by atoms with E-state index in [1.54, 1.807) is 6.07 Å². The Morgan fingerprint density at radius 1 is 1.25 bits per heavy atom. The Bertz CT molecular complexity index is 564. The normalized spacial score (nSPS) is 11.8. The predicted octanol–water partition coefficient (Wildman–Crippen LogP) is 4.42. The van der Waals surface area contributed by atoms with Crippen LogP contribution in [-0.4, -0.2) is 18.4 Å². The second-order valence-electron chi connectivity index (χ2n) is 4.57. The third-order valence-corrected chi connectivity index (χ3v) is 4.05. The van der Waals surface area contributed by atoms with E-state index in [2.05, 4.69) is 15.9 Å². The molecule has 108 valence electrons. The lowest BCUT2D eigenvalue weighted by Gasteiger charge is -2.10. The highest BCUT2D eigenvalue weighted by Gasteiger charge is 2.08. The molecule has 0 fully saturated rings. The van der Waals surface area contributed by atoms with Gasteiger partial charge in [-0.05, 0) is 65.5 Å². The molecule has 1 rings (SSSR count). The summed E-state index contributed by atoms with van der Waals surface area (Å²) in [5, 5.41) is 0.645. The third-order valence-electron chi connectivity index (χ3n) is 2.84. The molecule has 0 heterocycles. The van der Waals surface area contributed by atoms with Crippen molar-refractivity contribution in [2.45, 2.75) is 27.2 Å². The lowest BCUT2D eigenvalue weighted by molar-refractivity contribution is -0.144. The topological polar surface area (TPSA) is 43.4 Å². The van der Waals surface area contributed by atoms with Crippen molar-refractivity contribution in [2.75, 3.05) is 6.61 Å². The summed E-state index contributed by atoms with van der Waals surface area (Å²) >= 11 is 9.33. The van der Waals surface area contributed by atoms with E-state index in [0.717, 1.165) is 21.2 Å². The lowest BCUT2D eigenvalue weighted by Crippen LogP contribution is -2.10. The fourth-order valence-electron chi connectivity index (χ4n) is 1.53. The van der Waals surface area contributed by atoms with Crippen LogP contribution >= 0.6 is 27.5 Å². The second kappa shape index (κ2) is 7.60. The van der Waals surface area contributed by atoms with E-state index in [4.69, 9.17) is 16.3 Å². The smallest absolute Gasteiger partial charge is 0.313 e. The van der Waals surface area contributed by atoms with E-state index in [-0.39, 0.29) is 18.8 Å². The average molecular weight is 360 g/mol. The number of ketones is 1. The summed E-state index contributed by atoms with van der Waals surface area (Å²) in [6.07, 6.45) is -0.182. The summed E-state index contributed by atoms with van der Waals surface area (Å²) in [6, 6.07) is 5.63. The van der Waals surface area contributed by atoms with E-state index >= 15 is 0 Å². The van der Waals surface area contributed by atoms with Crippen molar-refractivity contribution < 1.29 is 14.3 Å². The van der Waals surface area contributed by atoms with Gasteiger partial charge in [0.1, 0.15) is 18.8 Å². The number of ether oxygens (including phenoxy) is 1. The molecular formula is C15H16BrClO3. The van der Waals surface area contributed by atoms with E-state index in [1.807, 2.05) is 26.0 Å². The molecule has 5 heteroatoms. The second-order valence-corrected chi connectivity index (χ2v) is 5.84. The van der Waals surface area contributed by atoms with E-state index < -0.39 is 5.97 Å². The monoisotopic (exact) mass is 358 g/mol. The van der Waals surface area contributed by atoms with Gasteiger partial charge in [-0.2, -0.15) is 0 Å². The zero-order valence-corrected chi connectivity index (χ0v) is 14.0. The van der Waals surface area contributed by atoms with Crippen molar-refractivity contribution in [3.05, 3.63) is 38.8 Å². The maximum Gasteiger partial charge on any atom is 0.313 e. The van der Waals surface area contributed by atoms with Gasteiger partial charge in [-0.25, -0.2) is 0 Å². The lowest BCUT2D eigenvalue weighted by atomic mass is 10.0. The van der Waals surface area contributed by atoms with Crippen molar-refractivity contribution in [3.63, 3.8) is 0 Å². The fourth-order valence-corrected chi connectivity index (χ4v) is 2.02. The molecule has 1 aromatic carbocycles. The highest BCUT2D eigenvalue weighted by Crippen LogP contribution is 2.27. The first kappa shape index (κ1) is 16.9. The van der Waals surface area contributed by atoms with Crippen LogP contribution in [0.2, 0.25) is 5.02 Å². The van der Waals surface area contributed by atoms with Gasteiger partial charge in [-0.3, -0.25) is 9.59 Å². The number of hydrogen-bond donors (Lipinski definition) is 0. The minimum absolute atomic E-state index is 0.179. The summed E-state index contributed by atoms with van der Waals surface area (Å²) in [4.78, 5) is 22.1. The van der Waals surface area contributed by atoms with Crippen LogP contribution in [0.25, 0.3) is 5.57 Å². The molecule has 0 spiro atoms. The van der Waals surface area contributed by atoms with Crippen LogP contribution in [0, 0.1) is 0 Å². The maximum atomic E-state index is 11.3. The maximum absolute atomic E-state index is 11.3. The van der Waals surface area contributed by atoms with Crippen LogP contribution in [0.15, 0.2) is 28.2 Å². The molecule has 0 amide bonds. The molecule has 1 aromatic rings. The predicted molar refractivity (Wildman–Crippen MR) is 83.7 cm³/mol. The fraction of sp³-hybridized carbons (Fsp3) is 0.333. The number of Topliss-reactive ketones (excluding diaryl/α,β-unsaturated/α-hetero) is 1. The number of allylic oxidation sites excluding steroid dienone is 1. The van der Waals surface area contributed by atoms with Crippen molar-refractivity contribution in [1.82, 2.24) is 0 Å². The van der Waals surface area contributed by atoms with Crippen LogP contribution in [0.5, 0.6) is 0 Å². The Labute approximate surface area is 132 Å². The Morgan fingerprint density at radius 3 is 2.45 bits per heavy atom. The minimum Gasteiger partial charge on any atom is -0.461 e. The van der Waals surface area contributed by atoms with Crippen LogP contribution in [0.3, 0.4) is 0 Å². The molecule has 0 aliphatic heterocycles. The van der Waals surface area contributed by atoms with Crippen LogP contribution in [-0.2, 0) is 14.3 Å². The number of benzene rings is 1. The quantitative estimate of drug-likeness (QED) is 0.577. The number of rotatable bonds is 5. The standard InChI is InChI=1S/C15H16BrClO3/c1-9(8-20-15(19)6-10(2)18)11(3)12-4-5-14(17)13(16)7-12/h4-5,7H,6,8H2,1-3H3. The number of carbonyl (C=O) groups is 2. The molecule has 0 radical (unpaired) electrons. The molecule has 0 saturated carbocycles. The SMILES string of the molecule is CC(=O)CC(=O)OCC(C)=C(C)c1ccc(Cl)c(Br)c1. The van der Waals surface area contributed by atoms with Crippen molar-refractivity contribution >= 4 is 44.9 Å². The molecule has 0 unspecified atom stereocenters. The van der Waals surface area contributed by atoms with Gasteiger partial charge in [-0.15, -0.1) is 0 Å². The molecule has 0 atom stereocenters. The molecule has 0 saturated heterocycles. The van der Waals surface area contributed by atoms with Crippen molar-refractivity contribution in [1.29, 1.82) is 0 Å². The van der Waals surface area contributed by atoms with E-state index in [1.165, 1.54) is 6.92 Å². The first-order valence-electron chi connectivity index (χ1n) is 6.08. The van der Waals surface area contributed by atoms with Crippen LogP contribution < -0.4 is 0 Å². The molecule has 0 aliphatic carbocycles. The van der Waals surface area contributed by atoms with Gasteiger partial charge in [0.25, 0.3) is 0 Å². The molecule has 0 aliphatic rings. The summed E-state index contributed by atoms with van der Waals surface area (Å²) in [5.74, 6) is -0.697. The molecular weight excluding hydrogens is 344 g/mol. The number of esters is 1. The van der Waals surface area contributed by atoms with Gasteiger partial charge in [0.15, 0.2) is 0 Å². The highest BCUT2D eigenvalue weighted by molar-refractivity contribution is 9.10. The van der Waals surface area contributed by atoms with Crippen molar-refractivity contribution in [3.8, 4) is 0 Å². The van der Waals surface area contributed by atoms with Gasteiger partial charge < -0.3 is 4.74 Å². The van der Waals surface area contributed by atoms with Gasteiger partial charge in [0.05, 0.1) is 5.02 Å². The summed E-state index contributed by atoms with van der Waals surface area (Å²) < 4.78 is 5.87. The van der Waals surface area contributed by atoms with E-state index in [0.29, 0.717) is 5.02 Å². The van der Waals surface area contributed by atoms with Gasteiger partial charge in [0.2, 0.25) is 0 Å². The number of carbonyl (C=O) groups excluding carboxylic acids is 2. The zero-order chi connectivity index (χ0) is 15.3. The zero-order valence-electron chi connectivity index (χ0n) is 11.6. The van der Waals surface area contributed by atoms with Gasteiger partial charge in [0, 0.05) is 4.47 Å². The Balaban J connectivity index is 2.76. The molecule has 0 bridgehead atoms. The minimum atomic E-state index is -0.498. The van der Waals surface area contributed by atoms with Crippen molar-refractivity contribution in [2.24, 2.45) is 0 Å². The largest absolute Gasteiger partial charge is 0.461 e. The Hall–Kier alpha value is -1.13. The summed E-state index contributed by atoms with van der Waals surface area (Å²) in [6.45, 7) is 5.38. The average Bonchev–Trinajstić information content (AvgIpc) is 2.37. The third kappa shape index (κ3) is 5.10. The number of hydrogen-bond acceptors (Lipinski definition) is 3. The first-order valence-corrected chi connectivity index (χ1v) is 7.25. The summed E-state index contributed by atoms with van der Waals surface area (Å²) in [7, 11) is 0. The molecule has 0 aromatic heterocycles. The molecule has 3 nitrogen and oxygen atoms in total. The highest BCUT2D eigenvalue weighted by atomic mass is 79.9. The Morgan fingerprint density at radius 2 is 1.90 bits per heavy atom. The van der Waals surface area contributed by atoms with Crippen LogP contribution in [0.1, 0.15) is 32.8 Å². The van der Waals surface area contributed by atoms with Gasteiger partial charge in [-0.1, -0.05) is 17.7 Å². The van der Waals surface area contributed by atoms with Crippen LogP contribution in [0.4, 0.5) is 0 Å². The van der Waals surface area contributed by atoms with Gasteiger partial charge >= 0.3 is 5.97 Å².